The molecule has 4 nitrogen and oxygen atoms in total. The molecule has 0 radical (unpaired) electrons. The Morgan fingerprint density at radius 3 is 2.58 bits per heavy atom. The van der Waals surface area contributed by atoms with Crippen LogP contribution in [0.25, 0.3) is 10.9 Å². The van der Waals surface area contributed by atoms with Gasteiger partial charge in [-0.15, -0.1) is 0 Å². The number of pyridine rings is 1. The number of ether oxygens (including phenoxy) is 1. The Balaban J connectivity index is 1.01. The first-order valence-electron chi connectivity index (χ1n) is 16.7. The minimum Gasteiger partial charge on any atom is -0.391 e. The van der Waals surface area contributed by atoms with E-state index in [1.807, 2.05) is 18.5 Å². The second-order valence-corrected chi connectivity index (χ2v) is 15.2. The molecule has 5 heteroatoms. The van der Waals surface area contributed by atoms with Crippen LogP contribution in [0, 0.1) is 40.4 Å². The molecule has 0 bridgehead atoms. The average Bonchev–Trinajstić information content (AvgIpc) is 3.39. The summed E-state index contributed by atoms with van der Waals surface area (Å²) in [6.45, 7) is 6.02. The van der Waals surface area contributed by atoms with Crippen LogP contribution in [0.5, 0.6) is 0 Å². The van der Waals surface area contributed by atoms with Gasteiger partial charge in [-0.25, -0.2) is 0 Å². The molecule has 228 valence electrons. The van der Waals surface area contributed by atoms with Gasteiger partial charge in [-0.2, -0.15) is 0 Å². The number of fused-ring (bicyclic) bond motifs is 6. The Kier molecular flexibility index (Phi) is 8.41. The molecule has 0 amide bonds. The molecule has 4 aliphatic rings. The number of halogens is 1. The molecular weight excluding hydrogens is 596 g/mol. The fraction of sp³-hybridized carbons (Fsp3) is 0.579. The van der Waals surface area contributed by atoms with Crippen molar-refractivity contribution >= 4 is 33.0 Å². The smallest absolute Gasteiger partial charge is 0.140 e. The zero-order valence-corrected chi connectivity index (χ0v) is 27.4. The van der Waals surface area contributed by atoms with Gasteiger partial charge < -0.3 is 9.57 Å². The topological polar surface area (TPSA) is 43.7 Å². The zero-order chi connectivity index (χ0) is 29.4. The van der Waals surface area contributed by atoms with Gasteiger partial charge in [-0.05, 0) is 104 Å². The maximum atomic E-state index is 6.49. The van der Waals surface area contributed by atoms with Gasteiger partial charge >= 0.3 is 0 Å². The number of oxime groups is 1. The van der Waals surface area contributed by atoms with Crippen molar-refractivity contribution in [3.63, 3.8) is 0 Å². The van der Waals surface area contributed by atoms with Gasteiger partial charge in [0, 0.05) is 28.4 Å². The summed E-state index contributed by atoms with van der Waals surface area (Å²) in [6, 6.07) is 21.0. The Labute approximate surface area is 266 Å². The van der Waals surface area contributed by atoms with Gasteiger partial charge in [0.1, 0.15) is 6.10 Å². The van der Waals surface area contributed by atoms with Crippen LogP contribution in [-0.2, 0) is 16.2 Å². The number of benzene rings is 2. The van der Waals surface area contributed by atoms with Crippen LogP contribution in [0.4, 0.5) is 0 Å². The minimum absolute atomic E-state index is 0.0925. The van der Waals surface area contributed by atoms with Crippen molar-refractivity contribution in [1.29, 1.82) is 0 Å². The first-order valence-corrected chi connectivity index (χ1v) is 17.9. The molecule has 0 N–H and O–H groups in total. The van der Waals surface area contributed by atoms with E-state index < -0.39 is 0 Å². The van der Waals surface area contributed by atoms with Gasteiger partial charge in [-0.1, -0.05) is 89.5 Å². The highest BCUT2D eigenvalue weighted by molar-refractivity contribution is 9.09. The van der Waals surface area contributed by atoms with Gasteiger partial charge in [0.05, 0.1) is 24.4 Å². The van der Waals surface area contributed by atoms with Gasteiger partial charge in [0.15, 0.2) is 0 Å². The second kappa shape index (κ2) is 12.3. The number of hydrogen-bond donors (Lipinski definition) is 0. The van der Waals surface area contributed by atoms with Crippen LogP contribution in [0.1, 0.15) is 82.8 Å². The fourth-order valence-corrected chi connectivity index (χ4v) is 11.0. The number of rotatable bonds is 8. The quantitative estimate of drug-likeness (QED) is 0.140. The number of alkyl halides is 1. The number of para-hydroxylation sites is 1. The lowest BCUT2D eigenvalue weighted by atomic mass is 9.44. The standard InChI is InChI=1S/C38H47BrN2O2/c1-37-19-17-30(42-25-26-8-4-3-5-9-26)22-29(37)13-14-31-32-15-16-34(38(32,2)20-18-33(31)37)35(23-39)43-41-24-28-11-6-10-27-12-7-21-40-36(27)28/h3-12,21,24,29-35H,13-20,22-23,25H2,1-2H3/b41-24+/t29-,30-,31-,32-,33-,34+,35+,37-,38-/m0/s1. The molecule has 1 aromatic heterocycles. The summed E-state index contributed by atoms with van der Waals surface area (Å²) < 4.78 is 6.49. The van der Waals surface area contributed by atoms with Crippen molar-refractivity contribution in [2.45, 2.75) is 90.4 Å². The summed E-state index contributed by atoms with van der Waals surface area (Å²) in [5.74, 6) is 3.86. The summed E-state index contributed by atoms with van der Waals surface area (Å²) in [7, 11) is 0. The van der Waals surface area contributed by atoms with E-state index in [0.717, 1.165) is 52.1 Å². The lowest BCUT2D eigenvalue weighted by molar-refractivity contribution is -0.142. The molecule has 4 saturated carbocycles. The first kappa shape index (κ1) is 29.5. The molecule has 43 heavy (non-hydrogen) atoms. The Hall–Kier alpha value is -2.24. The third-order valence-electron chi connectivity index (χ3n) is 12.7. The molecule has 1 heterocycles. The van der Waals surface area contributed by atoms with E-state index in [2.05, 4.69) is 94.5 Å². The predicted octanol–water partition coefficient (Wildman–Crippen LogP) is 9.59. The highest BCUT2D eigenvalue weighted by Gasteiger charge is 2.61. The van der Waals surface area contributed by atoms with Gasteiger partial charge in [0.25, 0.3) is 0 Å². The Bertz CT molecular complexity index is 1420. The van der Waals surface area contributed by atoms with Gasteiger partial charge in [-0.3, -0.25) is 4.98 Å². The van der Waals surface area contributed by atoms with Crippen LogP contribution in [0.2, 0.25) is 0 Å². The third kappa shape index (κ3) is 5.47. The average molecular weight is 644 g/mol. The normalized spacial score (nSPS) is 36.2. The SMILES string of the molecule is C[C@]12CC[C@H](OCc3ccccc3)C[C@@H]1CC[C@@H]1[C@@H]2CC[C@]2(C)[C@@H]([C@@H](CBr)O/N=C/c3cccc4cccnc34)CC[C@@H]12. The largest absolute Gasteiger partial charge is 0.391 e. The predicted molar refractivity (Wildman–Crippen MR) is 178 cm³/mol. The molecule has 0 unspecified atom stereocenters. The van der Waals surface area contributed by atoms with Crippen LogP contribution in [0.3, 0.4) is 0 Å². The monoisotopic (exact) mass is 642 g/mol. The molecular formula is C38H47BrN2O2. The lowest BCUT2D eigenvalue weighted by Crippen LogP contribution is -2.54. The molecule has 7 rings (SSSR count). The van der Waals surface area contributed by atoms with E-state index in [1.54, 1.807) is 0 Å². The molecule has 4 aliphatic carbocycles. The van der Waals surface area contributed by atoms with Crippen molar-refractivity contribution < 1.29 is 9.57 Å². The molecule has 3 aromatic rings. The summed E-state index contributed by atoms with van der Waals surface area (Å²) in [6.07, 6.45) is 16.1. The summed E-state index contributed by atoms with van der Waals surface area (Å²) in [4.78, 5) is 10.9. The maximum absolute atomic E-state index is 6.49. The summed E-state index contributed by atoms with van der Waals surface area (Å²) in [5.41, 5.74) is 4.07. The van der Waals surface area contributed by atoms with E-state index in [9.17, 15) is 0 Å². The Morgan fingerprint density at radius 2 is 1.72 bits per heavy atom. The fourth-order valence-electron chi connectivity index (χ4n) is 10.4. The van der Waals surface area contributed by atoms with E-state index in [-0.39, 0.29) is 6.10 Å². The van der Waals surface area contributed by atoms with Crippen molar-refractivity contribution in [1.82, 2.24) is 4.98 Å². The Morgan fingerprint density at radius 1 is 0.907 bits per heavy atom. The van der Waals surface area contributed by atoms with Crippen molar-refractivity contribution in [3.8, 4) is 0 Å². The minimum atomic E-state index is 0.0925. The maximum Gasteiger partial charge on any atom is 0.140 e. The summed E-state index contributed by atoms with van der Waals surface area (Å²) in [5, 5.41) is 6.51. The van der Waals surface area contributed by atoms with E-state index in [1.165, 1.54) is 63.4 Å². The van der Waals surface area contributed by atoms with E-state index in [4.69, 9.17) is 9.57 Å². The van der Waals surface area contributed by atoms with Crippen LogP contribution in [0.15, 0.2) is 72.0 Å². The van der Waals surface area contributed by atoms with Gasteiger partial charge in [0.2, 0.25) is 0 Å². The second-order valence-electron chi connectivity index (χ2n) is 14.5. The number of nitrogens with zero attached hydrogens (tertiary/aromatic N) is 2. The van der Waals surface area contributed by atoms with Crippen LogP contribution in [-0.4, -0.2) is 28.7 Å². The first-order chi connectivity index (χ1) is 21.0. The zero-order valence-electron chi connectivity index (χ0n) is 25.8. The molecule has 9 atom stereocenters. The van der Waals surface area contributed by atoms with Crippen molar-refractivity contribution in [2.24, 2.45) is 45.6 Å². The molecule has 2 aromatic carbocycles. The number of hydrogen-bond acceptors (Lipinski definition) is 4. The summed E-state index contributed by atoms with van der Waals surface area (Å²) >= 11 is 3.83. The third-order valence-corrected chi connectivity index (χ3v) is 13.3. The van der Waals surface area contributed by atoms with Crippen molar-refractivity contribution in [3.05, 3.63) is 78.0 Å². The number of aromatic nitrogens is 1. The lowest BCUT2D eigenvalue weighted by Gasteiger charge is -2.61. The molecule has 0 saturated heterocycles. The van der Waals surface area contributed by atoms with Crippen molar-refractivity contribution in [2.75, 3.05) is 5.33 Å². The molecule has 0 spiro atoms. The van der Waals surface area contributed by atoms with Crippen LogP contribution >= 0.6 is 15.9 Å². The molecule has 4 fully saturated rings. The van der Waals surface area contributed by atoms with E-state index >= 15 is 0 Å². The van der Waals surface area contributed by atoms with E-state index in [0.29, 0.717) is 22.9 Å². The highest BCUT2D eigenvalue weighted by Crippen LogP contribution is 2.68. The molecule has 0 aliphatic heterocycles. The van der Waals surface area contributed by atoms with Crippen LogP contribution < -0.4 is 0 Å². The highest BCUT2D eigenvalue weighted by atomic mass is 79.9.